The summed E-state index contributed by atoms with van der Waals surface area (Å²) in [5.74, 6) is 0.979. The summed E-state index contributed by atoms with van der Waals surface area (Å²) in [6.07, 6.45) is 14.2. The molecule has 0 aliphatic carbocycles. The van der Waals surface area contributed by atoms with Crippen molar-refractivity contribution in [2.75, 3.05) is 6.61 Å². The van der Waals surface area contributed by atoms with E-state index in [4.69, 9.17) is 4.74 Å². The van der Waals surface area contributed by atoms with Gasteiger partial charge in [-0.2, -0.15) is 0 Å². The van der Waals surface area contributed by atoms with Crippen LogP contribution in [0.1, 0.15) is 75.6 Å². The second kappa shape index (κ2) is 12.5. The molecule has 0 unspecified atom stereocenters. The predicted molar refractivity (Wildman–Crippen MR) is 111 cm³/mol. The lowest BCUT2D eigenvalue weighted by Crippen LogP contribution is -1.97. The molecule has 0 fully saturated rings. The van der Waals surface area contributed by atoms with Crippen molar-refractivity contribution in [3.8, 4) is 5.75 Å². The Bertz CT molecular complexity index is 589. The van der Waals surface area contributed by atoms with Crippen molar-refractivity contribution >= 4 is 0 Å². The summed E-state index contributed by atoms with van der Waals surface area (Å²) in [7, 11) is 0. The first-order valence-corrected chi connectivity index (χ1v) is 10.5. The molecule has 2 nitrogen and oxygen atoms in total. The van der Waals surface area contributed by atoms with E-state index in [0.717, 1.165) is 38.0 Å². The van der Waals surface area contributed by atoms with Gasteiger partial charge in [0.15, 0.2) is 0 Å². The predicted octanol–water partition coefficient (Wildman–Crippen LogP) is 6.56. The van der Waals surface area contributed by atoms with Crippen LogP contribution in [0.3, 0.4) is 0 Å². The summed E-state index contributed by atoms with van der Waals surface area (Å²) in [6.45, 7) is 5.25. The lowest BCUT2D eigenvalue weighted by atomic mass is 10.0. The zero-order valence-corrected chi connectivity index (χ0v) is 16.7. The van der Waals surface area contributed by atoms with E-state index >= 15 is 0 Å². The zero-order chi connectivity index (χ0) is 18.5. The Hall–Kier alpha value is -1.83. The Kier molecular flexibility index (Phi) is 9.86. The highest BCUT2D eigenvalue weighted by molar-refractivity contribution is 5.28. The van der Waals surface area contributed by atoms with E-state index in [-0.39, 0.29) is 0 Å². The zero-order valence-electron chi connectivity index (χ0n) is 16.7. The molecule has 1 aromatic carbocycles. The molecule has 0 aliphatic heterocycles. The largest absolute Gasteiger partial charge is 0.494 e. The van der Waals surface area contributed by atoms with Crippen molar-refractivity contribution in [3.63, 3.8) is 0 Å². The Morgan fingerprint density at radius 1 is 0.692 bits per heavy atom. The third kappa shape index (κ3) is 8.03. The average Bonchev–Trinajstić information content (AvgIpc) is 2.68. The normalized spacial score (nSPS) is 10.8. The third-order valence-electron chi connectivity index (χ3n) is 4.81. The summed E-state index contributed by atoms with van der Waals surface area (Å²) in [5, 5.41) is 0. The smallest absolute Gasteiger partial charge is 0.119 e. The van der Waals surface area contributed by atoms with E-state index in [0.29, 0.717) is 0 Å². The van der Waals surface area contributed by atoms with Crippen molar-refractivity contribution < 1.29 is 4.74 Å². The van der Waals surface area contributed by atoms with Gasteiger partial charge in [0.25, 0.3) is 0 Å². The van der Waals surface area contributed by atoms with E-state index in [1.54, 1.807) is 0 Å². The number of rotatable bonds is 13. The van der Waals surface area contributed by atoms with E-state index in [9.17, 15) is 0 Å². The van der Waals surface area contributed by atoms with Crippen molar-refractivity contribution in [1.29, 1.82) is 0 Å². The summed E-state index contributed by atoms with van der Waals surface area (Å²) >= 11 is 0. The highest BCUT2D eigenvalue weighted by Gasteiger charge is 2.00. The Balaban J connectivity index is 1.70. The molecular formula is C24H35NO. The highest BCUT2D eigenvalue weighted by Crippen LogP contribution is 2.15. The number of benzene rings is 1. The first-order chi connectivity index (χ1) is 12.8. The third-order valence-corrected chi connectivity index (χ3v) is 4.81. The van der Waals surface area contributed by atoms with E-state index in [1.165, 1.54) is 55.3 Å². The van der Waals surface area contributed by atoms with Gasteiger partial charge in [-0.25, -0.2) is 0 Å². The molecule has 0 atom stereocenters. The topological polar surface area (TPSA) is 22.1 Å². The van der Waals surface area contributed by atoms with Crippen molar-refractivity contribution in [2.45, 2.75) is 78.1 Å². The van der Waals surface area contributed by atoms with Crippen molar-refractivity contribution in [1.82, 2.24) is 4.98 Å². The maximum atomic E-state index is 5.72. The number of pyridine rings is 1. The Morgan fingerprint density at radius 2 is 1.38 bits per heavy atom. The fourth-order valence-corrected chi connectivity index (χ4v) is 3.04. The molecule has 0 spiro atoms. The summed E-state index contributed by atoms with van der Waals surface area (Å²) in [6, 6.07) is 13.0. The second-order valence-corrected chi connectivity index (χ2v) is 7.17. The van der Waals surface area contributed by atoms with Crippen LogP contribution < -0.4 is 4.74 Å². The van der Waals surface area contributed by atoms with Gasteiger partial charge in [-0.1, -0.05) is 64.2 Å². The minimum atomic E-state index is 0.812. The molecule has 2 rings (SSSR count). The van der Waals surface area contributed by atoms with Crippen LogP contribution in [-0.4, -0.2) is 11.6 Å². The molecule has 142 valence electrons. The van der Waals surface area contributed by atoms with Crippen LogP contribution in [0, 0.1) is 0 Å². The van der Waals surface area contributed by atoms with Gasteiger partial charge < -0.3 is 4.74 Å². The molecule has 0 radical (unpaired) electrons. The monoisotopic (exact) mass is 353 g/mol. The minimum Gasteiger partial charge on any atom is -0.494 e. The molecule has 0 aliphatic rings. The first-order valence-electron chi connectivity index (χ1n) is 10.5. The maximum Gasteiger partial charge on any atom is 0.119 e. The van der Waals surface area contributed by atoms with E-state index < -0.39 is 0 Å². The number of hydrogen-bond acceptors (Lipinski definition) is 2. The van der Waals surface area contributed by atoms with Gasteiger partial charge in [-0.3, -0.25) is 4.98 Å². The number of nitrogens with zero attached hydrogens (tertiary/aromatic N) is 1. The average molecular weight is 354 g/mol. The molecule has 0 bridgehead atoms. The van der Waals surface area contributed by atoms with Gasteiger partial charge in [0.05, 0.1) is 6.61 Å². The van der Waals surface area contributed by atoms with E-state index in [1.807, 2.05) is 0 Å². The summed E-state index contributed by atoms with van der Waals surface area (Å²) in [4.78, 5) is 4.64. The molecular weight excluding hydrogens is 318 g/mol. The van der Waals surface area contributed by atoms with Gasteiger partial charge in [-0.05, 0) is 61.4 Å². The SMILES string of the molecule is CCCCCCCc1ccc(CCc2ccc(OCCCC)cc2)cn1. The van der Waals surface area contributed by atoms with Crippen LogP contribution in [0.2, 0.25) is 0 Å². The lowest BCUT2D eigenvalue weighted by Gasteiger charge is -2.07. The molecule has 26 heavy (non-hydrogen) atoms. The number of aryl methyl sites for hydroxylation is 3. The first kappa shape index (κ1) is 20.5. The highest BCUT2D eigenvalue weighted by atomic mass is 16.5. The number of hydrogen-bond donors (Lipinski definition) is 0. The van der Waals surface area contributed by atoms with Crippen LogP contribution in [0.5, 0.6) is 5.75 Å². The number of ether oxygens (including phenoxy) is 1. The second-order valence-electron chi connectivity index (χ2n) is 7.17. The fraction of sp³-hybridized carbons (Fsp3) is 0.542. The van der Waals surface area contributed by atoms with Crippen LogP contribution in [-0.2, 0) is 19.3 Å². The van der Waals surface area contributed by atoms with Crippen LogP contribution in [0.25, 0.3) is 0 Å². The molecule has 2 heteroatoms. The standard InChI is InChI=1S/C24H35NO/c1-3-5-7-8-9-10-23-16-13-22(20-25-23)12-11-21-14-17-24(18-15-21)26-19-6-4-2/h13-18,20H,3-12,19H2,1-2H3. The molecule has 1 heterocycles. The molecule has 2 aromatic rings. The van der Waals surface area contributed by atoms with Gasteiger partial charge in [0, 0.05) is 11.9 Å². The summed E-state index contributed by atoms with van der Waals surface area (Å²) < 4.78 is 5.72. The molecule has 0 saturated heterocycles. The van der Waals surface area contributed by atoms with Gasteiger partial charge in [0.1, 0.15) is 5.75 Å². The van der Waals surface area contributed by atoms with Gasteiger partial charge >= 0.3 is 0 Å². The Labute approximate surface area is 160 Å². The lowest BCUT2D eigenvalue weighted by molar-refractivity contribution is 0.309. The Morgan fingerprint density at radius 3 is 2.08 bits per heavy atom. The summed E-state index contributed by atoms with van der Waals surface area (Å²) in [5.41, 5.74) is 3.91. The van der Waals surface area contributed by atoms with Gasteiger partial charge in [0.2, 0.25) is 0 Å². The minimum absolute atomic E-state index is 0.812. The number of unbranched alkanes of at least 4 members (excludes halogenated alkanes) is 5. The molecule has 0 saturated carbocycles. The van der Waals surface area contributed by atoms with Crippen molar-refractivity contribution in [2.24, 2.45) is 0 Å². The van der Waals surface area contributed by atoms with Crippen LogP contribution in [0.15, 0.2) is 42.6 Å². The van der Waals surface area contributed by atoms with Crippen LogP contribution >= 0.6 is 0 Å². The number of aromatic nitrogens is 1. The van der Waals surface area contributed by atoms with Gasteiger partial charge in [-0.15, -0.1) is 0 Å². The van der Waals surface area contributed by atoms with E-state index in [2.05, 4.69) is 61.4 Å². The molecule has 0 amide bonds. The van der Waals surface area contributed by atoms with Crippen LogP contribution in [0.4, 0.5) is 0 Å². The van der Waals surface area contributed by atoms with Crippen molar-refractivity contribution in [3.05, 3.63) is 59.4 Å². The molecule has 0 N–H and O–H groups in total. The quantitative estimate of drug-likeness (QED) is 0.380. The fourth-order valence-electron chi connectivity index (χ4n) is 3.04. The maximum absolute atomic E-state index is 5.72. The molecule has 1 aromatic heterocycles.